The summed E-state index contributed by atoms with van der Waals surface area (Å²) in [6.07, 6.45) is 8.04. The Morgan fingerprint density at radius 3 is 2.21 bits per heavy atom. The predicted molar refractivity (Wildman–Crippen MR) is 125 cm³/mol. The lowest BCUT2D eigenvalue weighted by Gasteiger charge is -2.42. The van der Waals surface area contributed by atoms with Gasteiger partial charge in [-0.15, -0.1) is 0 Å². The second kappa shape index (κ2) is 9.85. The zero-order valence-corrected chi connectivity index (χ0v) is 19.3. The van der Waals surface area contributed by atoms with E-state index in [9.17, 15) is 4.79 Å². The first-order valence-electron chi connectivity index (χ1n) is 12.4. The van der Waals surface area contributed by atoms with Crippen molar-refractivity contribution in [3.8, 4) is 0 Å². The molecular formula is C26H34FN5O. The molecule has 4 heterocycles. The topological polar surface area (TPSA) is 52.6 Å². The molecule has 7 heteroatoms. The Morgan fingerprint density at radius 1 is 0.939 bits per heavy atom. The standard InChI is InChI=1S/C26H34FN5O/c27-26(10-17-30(18-11-26)20-21-5-12-28-29-19-21)25(33)32-15-8-24(9-16-32)31-13-6-22-3-1-2-4-23(22)7-14-31/h1-5,12,19,24H,6-11,13-18,20H2. The molecule has 3 aliphatic rings. The minimum absolute atomic E-state index is 0.272. The number of piperidine rings is 2. The van der Waals surface area contributed by atoms with E-state index in [0.29, 0.717) is 32.2 Å². The molecule has 2 fully saturated rings. The van der Waals surface area contributed by atoms with Crippen molar-refractivity contribution in [2.24, 2.45) is 0 Å². The van der Waals surface area contributed by atoms with Crippen molar-refractivity contribution in [3.05, 3.63) is 59.4 Å². The first-order valence-corrected chi connectivity index (χ1v) is 12.4. The van der Waals surface area contributed by atoms with Crippen molar-refractivity contribution in [2.75, 3.05) is 39.3 Å². The van der Waals surface area contributed by atoms with Gasteiger partial charge in [-0.3, -0.25) is 14.6 Å². The smallest absolute Gasteiger partial charge is 0.260 e. The second-order valence-electron chi connectivity index (χ2n) is 9.82. The Labute approximate surface area is 195 Å². The van der Waals surface area contributed by atoms with Gasteiger partial charge in [-0.2, -0.15) is 10.2 Å². The largest absolute Gasteiger partial charge is 0.340 e. The van der Waals surface area contributed by atoms with Crippen LogP contribution in [0, 0.1) is 0 Å². The molecule has 0 unspecified atom stereocenters. The predicted octanol–water partition coefficient (Wildman–Crippen LogP) is 2.87. The maximum Gasteiger partial charge on any atom is 0.260 e. The fourth-order valence-electron chi connectivity index (χ4n) is 5.72. The molecule has 0 N–H and O–H groups in total. The molecule has 0 atom stereocenters. The van der Waals surface area contributed by atoms with Gasteiger partial charge in [-0.1, -0.05) is 24.3 Å². The number of halogens is 1. The highest BCUT2D eigenvalue weighted by molar-refractivity contribution is 5.85. The van der Waals surface area contributed by atoms with E-state index in [1.807, 2.05) is 6.07 Å². The van der Waals surface area contributed by atoms with Crippen molar-refractivity contribution >= 4 is 5.91 Å². The molecule has 0 aliphatic carbocycles. The van der Waals surface area contributed by atoms with Gasteiger partial charge in [-0.05, 0) is 48.4 Å². The molecule has 6 nitrogen and oxygen atoms in total. The van der Waals surface area contributed by atoms with Gasteiger partial charge < -0.3 is 4.90 Å². The first kappa shape index (κ1) is 22.4. The molecule has 2 aromatic rings. The molecule has 1 amide bonds. The number of likely N-dealkylation sites (tertiary alicyclic amines) is 2. The molecule has 1 aromatic heterocycles. The van der Waals surface area contributed by atoms with E-state index in [1.54, 1.807) is 17.3 Å². The number of hydrogen-bond donors (Lipinski definition) is 0. The van der Waals surface area contributed by atoms with Gasteiger partial charge in [0.1, 0.15) is 0 Å². The highest BCUT2D eigenvalue weighted by atomic mass is 19.1. The average molecular weight is 452 g/mol. The van der Waals surface area contributed by atoms with Crippen LogP contribution in [0.25, 0.3) is 0 Å². The van der Waals surface area contributed by atoms with Crippen LogP contribution in [0.4, 0.5) is 4.39 Å². The quantitative estimate of drug-likeness (QED) is 0.716. The first-order chi connectivity index (χ1) is 16.1. The van der Waals surface area contributed by atoms with Gasteiger partial charge in [0, 0.05) is 70.9 Å². The van der Waals surface area contributed by atoms with Gasteiger partial charge in [0.25, 0.3) is 5.91 Å². The van der Waals surface area contributed by atoms with E-state index in [4.69, 9.17) is 0 Å². The minimum atomic E-state index is -1.72. The van der Waals surface area contributed by atoms with Gasteiger partial charge in [0.05, 0.1) is 6.20 Å². The summed E-state index contributed by atoms with van der Waals surface area (Å²) >= 11 is 0. The maximum absolute atomic E-state index is 15.7. The fourth-order valence-corrected chi connectivity index (χ4v) is 5.72. The number of rotatable bonds is 4. The van der Waals surface area contributed by atoms with Crippen LogP contribution < -0.4 is 0 Å². The second-order valence-corrected chi connectivity index (χ2v) is 9.82. The average Bonchev–Trinajstić information content (AvgIpc) is 3.09. The van der Waals surface area contributed by atoms with Gasteiger partial charge in [0.15, 0.2) is 5.67 Å². The molecule has 0 radical (unpaired) electrons. The lowest BCUT2D eigenvalue weighted by molar-refractivity contribution is -0.149. The molecule has 3 aliphatic heterocycles. The van der Waals surface area contributed by atoms with E-state index in [1.165, 1.54) is 11.1 Å². The molecule has 176 valence electrons. The zero-order valence-electron chi connectivity index (χ0n) is 19.3. The molecule has 1 aromatic carbocycles. The number of carbonyl (C=O) groups excluding carboxylic acids is 1. The van der Waals surface area contributed by atoms with Crippen LogP contribution in [-0.2, 0) is 24.2 Å². The lowest BCUT2D eigenvalue weighted by atomic mass is 9.90. The van der Waals surface area contributed by atoms with Gasteiger partial charge >= 0.3 is 0 Å². The van der Waals surface area contributed by atoms with Crippen LogP contribution in [0.1, 0.15) is 42.4 Å². The van der Waals surface area contributed by atoms with E-state index >= 15 is 4.39 Å². The van der Waals surface area contributed by atoms with Crippen LogP contribution in [0.2, 0.25) is 0 Å². The van der Waals surface area contributed by atoms with Crippen molar-refractivity contribution < 1.29 is 9.18 Å². The Kier molecular flexibility index (Phi) is 6.69. The summed E-state index contributed by atoms with van der Waals surface area (Å²) in [5.74, 6) is -0.283. The Hall–Kier alpha value is -2.38. The van der Waals surface area contributed by atoms with E-state index in [0.717, 1.165) is 50.9 Å². The van der Waals surface area contributed by atoms with Crippen molar-refractivity contribution in [1.29, 1.82) is 0 Å². The van der Waals surface area contributed by atoms with Crippen LogP contribution in [0.5, 0.6) is 0 Å². The maximum atomic E-state index is 15.7. The summed E-state index contributed by atoms with van der Waals surface area (Å²) in [6, 6.07) is 11.2. The third kappa shape index (κ3) is 5.09. The van der Waals surface area contributed by atoms with E-state index in [2.05, 4.69) is 44.3 Å². The summed E-state index contributed by atoms with van der Waals surface area (Å²) in [6.45, 7) is 5.41. The minimum Gasteiger partial charge on any atom is -0.340 e. The lowest BCUT2D eigenvalue weighted by Crippen LogP contribution is -2.55. The molecule has 0 saturated carbocycles. The van der Waals surface area contributed by atoms with Crippen LogP contribution in [0.15, 0.2) is 42.7 Å². The number of nitrogens with zero attached hydrogens (tertiary/aromatic N) is 5. The zero-order chi connectivity index (χ0) is 22.7. The van der Waals surface area contributed by atoms with E-state index in [-0.39, 0.29) is 18.7 Å². The van der Waals surface area contributed by atoms with Crippen LogP contribution in [-0.4, -0.2) is 81.8 Å². The van der Waals surface area contributed by atoms with Gasteiger partial charge in [0.2, 0.25) is 0 Å². The van der Waals surface area contributed by atoms with Crippen molar-refractivity contribution in [2.45, 2.75) is 56.8 Å². The summed E-state index contributed by atoms with van der Waals surface area (Å²) in [4.78, 5) is 19.7. The molecule has 33 heavy (non-hydrogen) atoms. The Bertz CT molecular complexity index is 912. The number of amides is 1. The van der Waals surface area contributed by atoms with E-state index < -0.39 is 5.67 Å². The Morgan fingerprint density at radius 2 is 1.61 bits per heavy atom. The Balaban J connectivity index is 1.10. The molecule has 5 rings (SSSR count). The summed E-state index contributed by atoms with van der Waals surface area (Å²) in [7, 11) is 0. The number of hydrogen-bond acceptors (Lipinski definition) is 5. The third-order valence-electron chi connectivity index (χ3n) is 7.81. The number of benzene rings is 1. The molecular weight excluding hydrogens is 417 g/mol. The highest BCUT2D eigenvalue weighted by Crippen LogP contribution is 2.31. The van der Waals surface area contributed by atoms with Gasteiger partial charge in [-0.25, -0.2) is 4.39 Å². The molecule has 0 spiro atoms. The molecule has 0 bridgehead atoms. The number of aromatic nitrogens is 2. The summed E-state index contributed by atoms with van der Waals surface area (Å²) < 4.78 is 15.7. The number of alkyl halides is 1. The van der Waals surface area contributed by atoms with Crippen LogP contribution in [0.3, 0.4) is 0 Å². The fraction of sp³-hybridized carbons (Fsp3) is 0.577. The molecule has 2 saturated heterocycles. The summed E-state index contributed by atoms with van der Waals surface area (Å²) in [5.41, 5.74) is 2.29. The monoisotopic (exact) mass is 451 g/mol. The van der Waals surface area contributed by atoms with Crippen molar-refractivity contribution in [1.82, 2.24) is 24.9 Å². The normalized spacial score (nSPS) is 22.5. The SMILES string of the molecule is O=C(N1CCC(N2CCc3ccccc3CC2)CC1)C1(F)CCN(Cc2ccnnc2)CC1. The number of fused-ring (bicyclic) bond motifs is 1. The number of carbonyl (C=O) groups is 1. The highest BCUT2D eigenvalue weighted by Gasteiger charge is 2.45. The third-order valence-corrected chi connectivity index (χ3v) is 7.81. The van der Waals surface area contributed by atoms with Crippen molar-refractivity contribution in [3.63, 3.8) is 0 Å². The summed E-state index contributed by atoms with van der Waals surface area (Å²) in [5, 5.41) is 7.71. The van der Waals surface area contributed by atoms with Crippen LogP contribution >= 0.6 is 0 Å².